The lowest BCUT2D eigenvalue weighted by atomic mass is 10.0. The van der Waals surface area contributed by atoms with E-state index in [2.05, 4.69) is 30.9 Å². The van der Waals surface area contributed by atoms with Crippen LogP contribution in [0.1, 0.15) is 71.5 Å². The van der Waals surface area contributed by atoms with Crippen molar-refractivity contribution in [3.8, 4) is 0 Å². The molecule has 0 aliphatic carbocycles. The second kappa shape index (κ2) is 9.38. The smallest absolute Gasteiger partial charge is 0.327 e. The van der Waals surface area contributed by atoms with E-state index in [1.807, 2.05) is 13.8 Å². The third-order valence-corrected chi connectivity index (χ3v) is 3.86. The van der Waals surface area contributed by atoms with Crippen molar-refractivity contribution in [2.75, 3.05) is 12.4 Å². The van der Waals surface area contributed by atoms with Gasteiger partial charge in [-0.1, -0.05) is 58.7 Å². The van der Waals surface area contributed by atoms with E-state index in [-0.39, 0.29) is 11.9 Å². The fraction of sp³-hybridized carbons (Fsp3) is 0.667. The van der Waals surface area contributed by atoms with Crippen molar-refractivity contribution in [2.45, 2.75) is 65.7 Å². The van der Waals surface area contributed by atoms with Gasteiger partial charge in [-0.2, -0.15) is 0 Å². The van der Waals surface area contributed by atoms with Crippen molar-refractivity contribution in [1.82, 2.24) is 10.1 Å². The fourth-order valence-electron chi connectivity index (χ4n) is 2.18. The van der Waals surface area contributed by atoms with E-state index in [9.17, 15) is 4.79 Å². The van der Waals surface area contributed by atoms with Crippen LogP contribution in [0.5, 0.6) is 0 Å². The molecule has 2 amide bonds. The molecule has 5 heteroatoms. The lowest BCUT2D eigenvalue weighted by Crippen LogP contribution is -2.30. The summed E-state index contributed by atoms with van der Waals surface area (Å²) in [5.41, 5.74) is 0.819. The Labute approximate surface area is 140 Å². The van der Waals surface area contributed by atoms with Crippen molar-refractivity contribution in [1.29, 1.82) is 0 Å². The molecule has 0 bridgehead atoms. The molecule has 0 fully saturated rings. The zero-order chi connectivity index (χ0) is 17.4. The average molecular weight is 321 g/mol. The fourth-order valence-corrected chi connectivity index (χ4v) is 2.18. The Morgan fingerprint density at radius 3 is 2.57 bits per heavy atom. The minimum Gasteiger partial charge on any atom is -0.359 e. The van der Waals surface area contributed by atoms with Crippen LogP contribution in [0.2, 0.25) is 0 Å². The number of amides is 2. The SMILES string of the molecule is C=C(CCCCCC(C)C)N(C)C(=O)Nc1cc(C(C)C)on1. The second-order valence-electron chi connectivity index (χ2n) is 6.82. The predicted octanol–water partition coefficient (Wildman–Crippen LogP) is 5.38. The number of allylic oxidation sites excluding steroid dienone is 1. The first-order valence-electron chi connectivity index (χ1n) is 8.50. The molecule has 0 aromatic carbocycles. The third-order valence-electron chi connectivity index (χ3n) is 3.86. The summed E-state index contributed by atoms with van der Waals surface area (Å²) in [7, 11) is 1.73. The number of unbranched alkanes of at least 4 members (excludes halogenated alkanes) is 2. The van der Waals surface area contributed by atoms with Gasteiger partial charge in [-0.3, -0.25) is 5.32 Å². The van der Waals surface area contributed by atoms with Gasteiger partial charge in [0.25, 0.3) is 0 Å². The van der Waals surface area contributed by atoms with Gasteiger partial charge in [0.2, 0.25) is 0 Å². The van der Waals surface area contributed by atoms with Crippen molar-refractivity contribution in [3.05, 3.63) is 24.1 Å². The molecular formula is C18H31N3O2. The van der Waals surface area contributed by atoms with Crippen LogP contribution in [-0.2, 0) is 0 Å². The van der Waals surface area contributed by atoms with Crippen molar-refractivity contribution >= 4 is 11.8 Å². The van der Waals surface area contributed by atoms with E-state index in [0.717, 1.165) is 30.2 Å². The molecule has 1 rings (SSSR count). The first-order chi connectivity index (χ1) is 10.8. The minimum absolute atomic E-state index is 0.235. The molecule has 0 atom stereocenters. The Balaban J connectivity index is 2.35. The van der Waals surface area contributed by atoms with Gasteiger partial charge in [-0.05, 0) is 18.8 Å². The van der Waals surface area contributed by atoms with Crippen LogP contribution >= 0.6 is 0 Å². The van der Waals surface area contributed by atoms with Gasteiger partial charge >= 0.3 is 6.03 Å². The normalized spacial score (nSPS) is 11.1. The third kappa shape index (κ3) is 6.89. The van der Waals surface area contributed by atoms with Gasteiger partial charge in [-0.25, -0.2) is 4.79 Å². The highest BCUT2D eigenvalue weighted by Crippen LogP contribution is 2.19. The maximum absolute atomic E-state index is 12.2. The first kappa shape index (κ1) is 19.3. The summed E-state index contributed by atoms with van der Waals surface area (Å²) in [4.78, 5) is 13.7. The maximum atomic E-state index is 12.2. The molecule has 1 aromatic rings. The van der Waals surface area contributed by atoms with Crippen LogP contribution in [0, 0.1) is 5.92 Å². The zero-order valence-corrected chi connectivity index (χ0v) is 15.2. The average Bonchev–Trinajstić information content (AvgIpc) is 2.94. The van der Waals surface area contributed by atoms with Crippen LogP contribution in [0.15, 0.2) is 22.9 Å². The molecule has 5 nitrogen and oxygen atoms in total. The lowest BCUT2D eigenvalue weighted by Gasteiger charge is -2.19. The van der Waals surface area contributed by atoms with Gasteiger partial charge in [0.05, 0.1) is 0 Å². The van der Waals surface area contributed by atoms with Crippen LogP contribution in [0.25, 0.3) is 0 Å². The summed E-state index contributed by atoms with van der Waals surface area (Å²) < 4.78 is 5.17. The van der Waals surface area contributed by atoms with Crippen LogP contribution < -0.4 is 5.32 Å². The monoisotopic (exact) mass is 321 g/mol. The topological polar surface area (TPSA) is 58.4 Å². The number of rotatable bonds is 9. The van der Waals surface area contributed by atoms with Gasteiger partial charge in [0.15, 0.2) is 5.82 Å². The number of carbonyl (C=O) groups is 1. The van der Waals surface area contributed by atoms with Gasteiger partial charge in [0, 0.05) is 24.7 Å². The van der Waals surface area contributed by atoms with Gasteiger partial charge in [-0.15, -0.1) is 0 Å². The van der Waals surface area contributed by atoms with Gasteiger partial charge < -0.3 is 9.42 Å². The quantitative estimate of drug-likeness (QED) is 0.621. The molecule has 130 valence electrons. The summed E-state index contributed by atoms with van der Waals surface area (Å²) >= 11 is 0. The summed E-state index contributed by atoms with van der Waals surface area (Å²) in [6.45, 7) is 12.5. The summed E-state index contributed by atoms with van der Waals surface area (Å²) in [5, 5.41) is 6.59. The Kier molecular flexibility index (Phi) is 7.86. The summed E-state index contributed by atoms with van der Waals surface area (Å²) in [6, 6.07) is 1.52. The van der Waals surface area contributed by atoms with Crippen LogP contribution in [0.3, 0.4) is 0 Å². The van der Waals surface area contributed by atoms with E-state index in [1.165, 1.54) is 19.3 Å². The Bertz CT molecular complexity index is 506. The van der Waals surface area contributed by atoms with Crippen LogP contribution in [0.4, 0.5) is 10.6 Å². The highest BCUT2D eigenvalue weighted by atomic mass is 16.5. The van der Waals surface area contributed by atoms with E-state index in [1.54, 1.807) is 18.0 Å². The molecule has 1 aromatic heterocycles. The molecule has 0 saturated heterocycles. The van der Waals surface area contributed by atoms with Gasteiger partial charge in [0.1, 0.15) is 5.76 Å². The molecule has 0 saturated carbocycles. The molecule has 23 heavy (non-hydrogen) atoms. The highest BCUT2D eigenvalue weighted by molar-refractivity contribution is 5.89. The molecule has 0 unspecified atom stereocenters. The summed E-state index contributed by atoms with van der Waals surface area (Å²) in [5.74, 6) is 2.19. The molecule has 1 N–H and O–H groups in total. The molecule has 0 radical (unpaired) electrons. The van der Waals surface area contributed by atoms with E-state index < -0.39 is 0 Å². The van der Waals surface area contributed by atoms with E-state index >= 15 is 0 Å². The number of hydrogen-bond acceptors (Lipinski definition) is 3. The Hall–Kier alpha value is -1.78. The maximum Gasteiger partial charge on any atom is 0.327 e. The van der Waals surface area contributed by atoms with E-state index in [4.69, 9.17) is 4.52 Å². The highest BCUT2D eigenvalue weighted by Gasteiger charge is 2.15. The predicted molar refractivity (Wildman–Crippen MR) is 94.4 cm³/mol. The molecular weight excluding hydrogens is 290 g/mol. The first-order valence-corrected chi connectivity index (χ1v) is 8.50. The van der Waals surface area contributed by atoms with E-state index in [0.29, 0.717) is 5.82 Å². The Morgan fingerprint density at radius 2 is 2.00 bits per heavy atom. The number of hydrogen-bond donors (Lipinski definition) is 1. The number of nitrogens with zero attached hydrogens (tertiary/aromatic N) is 2. The standard InChI is InChI=1S/C18H31N3O2/c1-13(2)10-8-7-9-11-15(5)21(6)18(22)19-17-12-16(14(3)4)23-20-17/h12-14H,5,7-11H2,1-4,6H3,(H,19,20,22). The second-order valence-corrected chi connectivity index (χ2v) is 6.82. The Morgan fingerprint density at radius 1 is 1.30 bits per heavy atom. The molecule has 0 spiro atoms. The number of anilines is 1. The number of nitrogens with one attached hydrogen (secondary N) is 1. The molecule has 0 aliphatic heterocycles. The minimum atomic E-state index is -0.235. The number of urea groups is 1. The van der Waals surface area contributed by atoms with Crippen molar-refractivity contribution < 1.29 is 9.32 Å². The van der Waals surface area contributed by atoms with Crippen molar-refractivity contribution in [3.63, 3.8) is 0 Å². The zero-order valence-electron chi connectivity index (χ0n) is 15.2. The summed E-state index contributed by atoms with van der Waals surface area (Å²) in [6.07, 6.45) is 5.56. The molecule has 1 heterocycles. The number of carbonyl (C=O) groups excluding carboxylic acids is 1. The largest absolute Gasteiger partial charge is 0.359 e. The lowest BCUT2D eigenvalue weighted by molar-refractivity contribution is 0.230. The number of aromatic nitrogens is 1. The molecule has 0 aliphatic rings. The van der Waals surface area contributed by atoms with Crippen LogP contribution in [-0.4, -0.2) is 23.1 Å². The van der Waals surface area contributed by atoms with Crippen molar-refractivity contribution in [2.24, 2.45) is 5.92 Å².